The normalized spacial score (nSPS) is 17.1. The second-order valence-corrected chi connectivity index (χ2v) is 4.32. The number of aromatic nitrogens is 1. The lowest BCUT2D eigenvalue weighted by atomic mass is 10.3. The predicted molar refractivity (Wildman–Crippen MR) is 62.0 cm³/mol. The van der Waals surface area contributed by atoms with Crippen LogP contribution in [0.25, 0.3) is 0 Å². The standard InChI is InChI=1S/C9H11BrClN3/c10-8-7(1-2-13-9(8)11)14-5-3-12-4-6-14/h1-2,12H,3-6H2. The van der Waals surface area contributed by atoms with E-state index in [4.69, 9.17) is 11.6 Å². The number of rotatable bonds is 1. The predicted octanol–water partition coefficient (Wildman–Crippen LogP) is 1.91. The van der Waals surface area contributed by atoms with Gasteiger partial charge in [0, 0.05) is 32.4 Å². The number of pyridine rings is 1. The molecule has 5 heteroatoms. The van der Waals surface area contributed by atoms with Crippen molar-refractivity contribution in [1.82, 2.24) is 10.3 Å². The van der Waals surface area contributed by atoms with Gasteiger partial charge in [-0.25, -0.2) is 4.98 Å². The largest absolute Gasteiger partial charge is 0.368 e. The van der Waals surface area contributed by atoms with Gasteiger partial charge in [0.25, 0.3) is 0 Å². The summed E-state index contributed by atoms with van der Waals surface area (Å²) in [6.07, 6.45) is 1.74. The van der Waals surface area contributed by atoms with Gasteiger partial charge in [-0.3, -0.25) is 0 Å². The molecule has 76 valence electrons. The third-order valence-corrected chi connectivity index (χ3v) is 3.58. The Kier molecular flexibility index (Phi) is 3.26. The quantitative estimate of drug-likeness (QED) is 0.794. The van der Waals surface area contributed by atoms with Crippen LogP contribution in [0.1, 0.15) is 0 Å². The summed E-state index contributed by atoms with van der Waals surface area (Å²) in [5, 5.41) is 3.84. The smallest absolute Gasteiger partial charge is 0.145 e. The number of nitrogens with zero attached hydrogens (tertiary/aromatic N) is 2. The van der Waals surface area contributed by atoms with Crippen molar-refractivity contribution in [2.24, 2.45) is 0 Å². The molecule has 2 rings (SSSR count). The van der Waals surface area contributed by atoms with Crippen LogP contribution in [0.15, 0.2) is 16.7 Å². The minimum atomic E-state index is 0.529. The number of hydrogen-bond acceptors (Lipinski definition) is 3. The second kappa shape index (κ2) is 4.47. The maximum Gasteiger partial charge on any atom is 0.145 e. The number of piperazine rings is 1. The first-order valence-electron chi connectivity index (χ1n) is 4.54. The van der Waals surface area contributed by atoms with Gasteiger partial charge >= 0.3 is 0 Å². The van der Waals surface area contributed by atoms with Gasteiger partial charge in [-0.1, -0.05) is 11.6 Å². The average molecular weight is 277 g/mol. The van der Waals surface area contributed by atoms with Crippen molar-refractivity contribution in [2.75, 3.05) is 31.1 Å². The highest BCUT2D eigenvalue weighted by molar-refractivity contribution is 9.10. The second-order valence-electron chi connectivity index (χ2n) is 3.17. The molecular weight excluding hydrogens is 265 g/mol. The van der Waals surface area contributed by atoms with Gasteiger partial charge in [-0.2, -0.15) is 0 Å². The summed E-state index contributed by atoms with van der Waals surface area (Å²) in [7, 11) is 0. The number of halogens is 2. The van der Waals surface area contributed by atoms with E-state index in [1.807, 2.05) is 6.07 Å². The van der Waals surface area contributed by atoms with Crippen LogP contribution in [-0.4, -0.2) is 31.2 Å². The van der Waals surface area contributed by atoms with E-state index in [-0.39, 0.29) is 0 Å². The van der Waals surface area contributed by atoms with E-state index >= 15 is 0 Å². The van der Waals surface area contributed by atoms with Crippen molar-refractivity contribution in [2.45, 2.75) is 0 Å². The molecule has 0 saturated carbocycles. The van der Waals surface area contributed by atoms with E-state index in [1.54, 1.807) is 6.20 Å². The molecule has 2 heterocycles. The fourth-order valence-corrected chi connectivity index (χ4v) is 2.20. The molecule has 1 aliphatic rings. The summed E-state index contributed by atoms with van der Waals surface area (Å²) < 4.78 is 0.892. The lowest BCUT2D eigenvalue weighted by molar-refractivity contribution is 0.588. The van der Waals surface area contributed by atoms with Crippen LogP contribution in [0.5, 0.6) is 0 Å². The van der Waals surface area contributed by atoms with E-state index in [0.29, 0.717) is 5.15 Å². The average Bonchev–Trinajstić information content (AvgIpc) is 2.23. The van der Waals surface area contributed by atoms with Crippen LogP contribution < -0.4 is 10.2 Å². The Morgan fingerprint density at radius 1 is 1.43 bits per heavy atom. The van der Waals surface area contributed by atoms with Crippen molar-refractivity contribution < 1.29 is 0 Å². The number of nitrogens with one attached hydrogen (secondary N) is 1. The molecule has 1 aromatic heterocycles. The molecule has 0 radical (unpaired) electrons. The van der Waals surface area contributed by atoms with Gasteiger partial charge in [0.15, 0.2) is 0 Å². The molecule has 0 unspecified atom stereocenters. The fraction of sp³-hybridized carbons (Fsp3) is 0.444. The highest BCUT2D eigenvalue weighted by atomic mass is 79.9. The van der Waals surface area contributed by atoms with Gasteiger partial charge in [0.2, 0.25) is 0 Å². The van der Waals surface area contributed by atoms with Crippen LogP contribution in [0.2, 0.25) is 5.15 Å². The van der Waals surface area contributed by atoms with Crippen LogP contribution >= 0.6 is 27.5 Å². The maximum absolute atomic E-state index is 5.93. The van der Waals surface area contributed by atoms with Gasteiger partial charge in [-0.15, -0.1) is 0 Å². The molecule has 0 bridgehead atoms. The highest BCUT2D eigenvalue weighted by Crippen LogP contribution is 2.31. The Bertz CT molecular complexity index is 326. The maximum atomic E-state index is 5.93. The van der Waals surface area contributed by atoms with Crippen LogP contribution in [-0.2, 0) is 0 Å². The topological polar surface area (TPSA) is 28.2 Å². The number of anilines is 1. The summed E-state index contributed by atoms with van der Waals surface area (Å²) in [5.41, 5.74) is 1.13. The highest BCUT2D eigenvalue weighted by Gasteiger charge is 2.14. The van der Waals surface area contributed by atoms with Gasteiger partial charge in [-0.05, 0) is 22.0 Å². The minimum absolute atomic E-state index is 0.529. The summed E-state index contributed by atoms with van der Waals surface area (Å²) >= 11 is 9.39. The molecular formula is C9H11BrClN3. The molecule has 3 nitrogen and oxygen atoms in total. The van der Waals surface area contributed by atoms with Crippen molar-refractivity contribution in [3.05, 3.63) is 21.9 Å². The van der Waals surface area contributed by atoms with Crippen molar-refractivity contribution in [3.8, 4) is 0 Å². The van der Waals surface area contributed by atoms with Gasteiger partial charge in [0.1, 0.15) is 5.15 Å². The SMILES string of the molecule is Clc1nccc(N2CCNCC2)c1Br. The lowest BCUT2D eigenvalue weighted by Gasteiger charge is -2.30. The first-order valence-corrected chi connectivity index (χ1v) is 5.72. The molecule has 0 aromatic carbocycles. The zero-order valence-corrected chi connectivity index (χ0v) is 9.98. The van der Waals surface area contributed by atoms with Gasteiger partial charge < -0.3 is 10.2 Å². The number of hydrogen-bond donors (Lipinski definition) is 1. The Morgan fingerprint density at radius 3 is 2.86 bits per heavy atom. The van der Waals surface area contributed by atoms with Crippen LogP contribution in [0.4, 0.5) is 5.69 Å². The Hall–Kier alpha value is -0.320. The zero-order valence-electron chi connectivity index (χ0n) is 7.63. The van der Waals surface area contributed by atoms with E-state index in [1.165, 1.54) is 0 Å². The van der Waals surface area contributed by atoms with E-state index < -0.39 is 0 Å². The first-order chi connectivity index (χ1) is 6.79. The van der Waals surface area contributed by atoms with Crippen LogP contribution in [0.3, 0.4) is 0 Å². The molecule has 1 aromatic rings. The van der Waals surface area contributed by atoms with Gasteiger partial charge in [0.05, 0.1) is 10.2 Å². The van der Waals surface area contributed by atoms with E-state index in [2.05, 4.69) is 31.1 Å². The summed E-state index contributed by atoms with van der Waals surface area (Å²) in [6.45, 7) is 4.07. The monoisotopic (exact) mass is 275 g/mol. The Balaban J connectivity index is 2.26. The molecule has 0 aliphatic carbocycles. The lowest BCUT2D eigenvalue weighted by Crippen LogP contribution is -2.43. The summed E-state index contributed by atoms with van der Waals surface area (Å²) in [4.78, 5) is 6.31. The molecule has 0 atom stereocenters. The molecule has 1 aliphatic heterocycles. The van der Waals surface area contributed by atoms with Crippen LogP contribution in [0, 0.1) is 0 Å². The molecule has 14 heavy (non-hydrogen) atoms. The van der Waals surface area contributed by atoms with E-state index in [9.17, 15) is 0 Å². The molecule has 0 amide bonds. The van der Waals surface area contributed by atoms with Crippen molar-refractivity contribution in [3.63, 3.8) is 0 Å². The summed E-state index contributed by atoms with van der Waals surface area (Å²) in [6, 6.07) is 1.99. The Labute approximate surface area is 96.6 Å². The minimum Gasteiger partial charge on any atom is -0.368 e. The third-order valence-electron chi connectivity index (χ3n) is 2.28. The van der Waals surface area contributed by atoms with E-state index in [0.717, 1.165) is 36.3 Å². The molecule has 1 fully saturated rings. The van der Waals surface area contributed by atoms with Crippen molar-refractivity contribution in [1.29, 1.82) is 0 Å². The third kappa shape index (κ3) is 2.02. The zero-order chi connectivity index (χ0) is 9.97. The molecule has 1 saturated heterocycles. The first kappa shape index (κ1) is 10.2. The summed E-state index contributed by atoms with van der Waals surface area (Å²) in [5.74, 6) is 0. The van der Waals surface area contributed by atoms with Crippen molar-refractivity contribution >= 4 is 33.2 Å². The fourth-order valence-electron chi connectivity index (χ4n) is 1.56. The molecule has 1 N–H and O–H groups in total. The Morgan fingerprint density at radius 2 is 2.14 bits per heavy atom. The molecule has 0 spiro atoms.